The first-order valence-electron chi connectivity index (χ1n) is 5.50. The van der Waals surface area contributed by atoms with Gasteiger partial charge in [0, 0.05) is 23.6 Å². The molecule has 0 amide bonds. The molecule has 1 aromatic rings. The zero-order valence-electron chi connectivity index (χ0n) is 10.1. The van der Waals surface area contributed by atoms with Crippen LogP contribution in [0, 0.1) is 0 Å². The van der Waals surface area contributed by atoms with Gasteiger partial charge in [-0.1, -0.05) is 15.9 Å². The first-order valence-corrected chi connectivity index (χ1v) is 6.29. The molecule has 1 rings (SSSR count). The molecule has 0 aliphatic carbocycles. The number of halogens is 1. The summed E-state index contributed by atoms with van der Waals surface area (Å²) in [6.07, 6.45) is 0. The highest BCUT2D eigenvalue weighted by Crippen LogP contribution is 2.22. The van der Waals surface area contributed by atoms with Crippen molar-refractivity contribution >= 4 is 27.3 Å². The average molecular weight is 286 g/mol. The topological polar surface area (TPSA) is 41.3 Å². The van der Waals surface area contributed by atoms with Crippen molar-refractivity contribution in [2.45, 2.75) is 19.9 Å². The molecule has 0 aromatic heterocycles. The Hall–Kier alpha value is -0.740. The van der Waals surface area contributed by atoms with Gasteiger partial charge in [0.2, 0.25) is 0 Å². The first kappa shape index (κ1) is 13.3. The van der Waals surface area contributed by atoms with Crippen LogP contribution < -0.4 is 11.1 Å². The Balaban J connectivity index is 2.43. The van der Waals surface area contributed by atoms with Gasteiger partial charge in [-0.15, -0.1) is 0 Å². The van der Waals surface area contributed by atoms with Crippen molar-refractivity contribution in [3.05, 3.63) is 22.7 Å². The molecular formula is C12H20BrN3. The van der Waals surface area contributed by atoms with E-state index in [0.717, 1.165) is 28.9 Å². The van der Waals surface area contributed by atoms with Crippen LogP contribution in [0.1, 0.15) is 13.8 Å². The molecule has 0 atom stereocenters. The van der Waals surface area contributed by atoms with Crippen molar-refractivity contribution in [2.24, 2.45) is 0 Å². The highest BCUT2D eigenvalue weighted by atomic mass is 79.9. The van der Waals surface area contributed by atoms with E-state index >= 15 is 0 Å². The molecular weight excluding hydrogens is 266 g/mol. The van der Waals surface area contributed by atoms with Crippen LogP contribution in [-0.2, 0) is 0 Å². The molecule has 0 unspecified atom stereocenters. The van der Waals surface area contributed by atoms with Crippen molar-refractivity contribution in [1.29, 1.82) is 0 Å². The van der Waals surface area contributed by atoms with Crippen molar-refractivity contribution in [2.75, 3.05) is 31.2 Å². The fourth-order valence-electron chi connectivity index (χ4n) is 1.32. The van der Waals surface area contributed by atoms with E-state index in [1.165, 1.54) is 0 Å². The van der Waals surface area contributed by atoms with E-state index in [0.29, 0.717) is 6.04 Å². The Morgan fingerprint density at radius 3 is 2.69 bits per heavy atom. The minimum atomic E-state index is 0.573. The number of rotatable bonds is 5. The Morgan fingerprint density at radius 2 is 2.12 bits per heavy atom. The fraction of sp³-hybridized carbons (Fsp3) is 0.500. The van der Waals surface area contributed by atoms with Crippen molar-refractivity contribution in [3.8, 4) is 0 Å². The van der Waals surface area contributed by atoms with E-state index in [1.54, 1.807) is 0 Å². The number of benzene rings is 1. The number of hydrogen-bond donors (Lipinski definition) is 2. The number of nitrogens with zero attached hydrogens (tertiary/aromatic N) is 1. The summed E-state index contributed by atoms with van der Waals surface area (Å²) < 4.78 is 1.01. The highest BCUT2D eigenvalue weighted by molar-refractivity contribution is 9.10. The number of likely N-dealkylation sites (N-methyl/N-ethyl adjacent to an activating group) is 1. The third-order valence-electron chi connectivity index (χ3n) is 2.68. The second kappa shape index (κ2) is 6.11. The van der Waals surface area contributed by atoms with Crippen LogP contribution in [-0.4, -0.2) is 31.1 Å². The molecule has 0 heterocycles. The third kappa shape index (κ3) is 4.02. The van der Waals surface area contributed by atoms with E-state index in [-0.39, 0.29) is 0 Å². The van der Waals surface area contributed by atoms with E-state index in [9.17, 15) is 0 Å². The maximum absolute atomic E-state index is 5.89. The lowest BCUT2D eigenvalue weighted by atomic mass is 10.2. The van der Waals surface area contributed by atoms with Crippen LogP contribution in [0.4, 0.5) is 11.4 Å². The molecule has 0 spiro atoms. The van der Waals surface area contributed by atoms with Crippen molar-refractivity contribution < 1.29 is 0 Å². The average Bonchev–Trinajstić information content (AvgIpc) is 2.20. The maximum atomic E-state index is 5.89. The van der Waals surface area contributed by atoms with Crippen LogP contribution in [0.25, 0.3) is 0 Å². The lowest BCUT2D eigenvalue weighted by Crippen LogP contribution is -2.31. The molecule has 0 saturated carbocycles. The molecule has 0 saturated heterocycles. The van der Waals surface area contributed by atoms with Gasteiger partial charge in [-0.3, -0.25) is 0 Å². The maximum Gasteiger partial charge on any atom is 0.0575 e. The number of nitrogens with one attached hydrogen (secondary N) is 1. The largest absolute Gasteiger partial charge is 0.397 e. The monoisotopic (exact) mass is 285 g/mol. The summed E-state index contributed by atoms with van der Waals surface area (Å²) in [5.74, 6) is 0. The minimum Gasteiger partial charge on any atom is -0.397 e. The SMILES string of the molecule is CC(C)N(C)CCNc1ccc(Br)cc1N. The molecule has 3 nitrogen and oxygen atoms in total. The van der Waals surface area contributed by atoms with E-state index in [4.69, 9.17) is 5.73 Å². The summed E-state index contributed by atoms with van der Waals surface area (Å²) in [5.41, 5.74) is 7.67. The summed E-state index contributed by atoms with van der Waals surface area (Å²) in [5, 5.41) is 3.34. The molecule has 1 aromatic carbocycles. The smallest absolute Gasteiger partial charge is 0.0575 e. The zero-order valence-corrected chi connectivity index (χ0v) is 11.7. The third-order valence-corrected chi connectivity index (χ3v) is 3.17. The summed E-state index contributed by atoms with van der Waals surface area (Å²) in [6.45, 7) is 6.29. The molecule has 0 fully saturated rings. The summed E-state index contributed by atoms with van der Waals surface area (Å²) in [7, 11) is 2.12. The molecule has 4 heteroatoms. The molecule has 3 N–H and O–H groups in total. The quantitative estimate of drug-likeness (QED) is 0.818. The molecule has 0 radical (unpaired) electrons. The van der Waals surface area contributed by atoms with E-state index in [2.05, 4.69) is 47.0 Å². The first-order chi connectivity index (χ1) is 7.50. The van der Waals surface area contributed by atoms with Gasteiger partial charge in [-0.25, -0.2) is 0 Å². The Bertz CT molecular complexity index is 339. The molecule has 0 aliphatic rings. The molecule has 0 bridgehead atoms. The molecule has 90 valence electrons. The van der Waals surface area contributed by atoms with Gasteiger partial charge in [0.05, 0.1) is 11.4 Å². The summed E-state index contributed by atoms with van der Waals surface area (Å²) >= 11 is 3.39. The number of hydrogen-bond acceptors (Lipinski definition) is 3. The molecule has 0 aliphatic heterocycles. The number of nitrogens with two attached hydrogens (primary N) is 1. The van der Waals surface area contributed by atoms with Gasteiger partial charge >= 0.3 is 0 Å². The standard InChI is InChI=1S/C12H20BrN3/c1-9(2)16(3)7-6-15-12-5-4-10(13)8-11(12)14/h4-5,8-9,15H,6-7,14H2,1-3H3. The second-order valence-corrected chi connectivity index (χ2v) is 5.15. The normalized spacial score (nSPS) is 11.1. The lowest BCUT2D eigenvalue weighted by molar-refractivity contribution is 0.284. The van der Waals surface area contributed by atoms with Gasteiger partial charge < -0.3 is 16.0 Å². The minimum absolute atomic E-state index is 0.573. The van der Waals surface area contributed by atoms with Gasteiger partial charge in [0.25, 0.3) is 0 Å². The van der Waals surface area contributed by atoms with E-state index in [1.807, 2.05) is 18.2 Å². The fourth-order valence-corrected chi connectivity index (χ4v) is 1.70. The summed E-state index contributed by atoms with van der Waals surface area (Å²) in [4.78, 5) is 2.29. The van der Waals surface area contributed by atoms with Crippen molar-refractivity contribution in [3.63, 3.8) is 0 Å². The van der Waals surface area contributed by atoms with Crippen molar-refractivity contribution in [1.82, 2.24) is 4.90 Å². The van der Waals surface area contributed by atoms with Gasteiger partial charge in [-0.05, 0) is 39.1 Å². The van der Waals surface area contributed by atoms with Gasteiger partial charge in [0.15, 0.2) is 0 Å². The summed E-state index contributed by atoms with van der Waals surface area (Å²) in [6, 6.07) is 6.47. The van der Waals surface area contributed by atoms with Gasteiger partial charge in [-0.2, -0.15) is 0 Å². The van der Waals surface area contributed by atoms with Gasteiger partial charge in [0.1, 0.15) is 0 Å². The predicted octanol–water partition coefficient (Wildman–Crippen LogP) is 2.78. The van der Waals surface area contributed by atoms with Crippen LogP contribution >= 0.6 is 15.9 Å². The lowest BCUT2D eigenvalue weighted by Gasteiger charge is -2.21. The van der Waals surface area contributed by atoms with Crippen LogP contribution in [0.2, 0.25) is 0 Å². The Morgan fingerprint density at radius 1 is 1.44 bits per heavy atom. The Kier molecular flexibility index (Phi) is 5.09. The number of nitrogen functional groups attached to an aromatic ring is 1. The van der Waals surface area contributed by atoms with E-state index < -0.39 is 0 Å². The number of anilines is 2. The van der Waals surface area contributed by atoms with Crippen LogP contribution in [0.15, 0.2) is 22.7 Å². The Labute approximate surface area is 106 Å². The second-order valence-electron chi connectivity index (χ2n) is 4.23. The zero-order chi connectivity index (χ0) is 12.1. The predicted molar refractivity (Wildman–Crippen MR) is 74.8 cm³/mol. The molecule has 16 heavy (non-hydrogen) atoms. The van der Waals surface area contributed by atoms with Crippen LogP contribution in [0.3, 0.4) is 0 Å². The highest BCUT2D eigenvalue weighted by Gasteiger charge is 2.03. The van der Waals surface area contributed by atoms with Crippen LogP contribution in [0.5, 0.6) is 0 Å².